The van der Waals surface area contributed by atoms with Gasteiger partial charge in [0.2, 0.25) is 0 Å². The van der Waals surface area contributed by atoms with E-state index in [9.17, 15) is 4.79 Å². The molecule has 4 rings (SSSR count). The molecule has 0 saturated carbocycles. The summed E-state index contributed by atoms with van der Waals surface area (Å²) in [5, 5.41) is 8.21. The molecule has 0 amide bonds. The molecule has 3 aromatic rings. The van der Waals surface area contributed by atoms with E-state index in [0.717, 1.165) is 16.7 Å². The first kappa shape index (κ1) is 24.4. The molecule has 1 aliphatic heterocycles. The molecule has 0 saturated heterocycles. The summed E-state index contributed by atoms with van der Waals surface area (Å²) < 4.78 is 11.0. The topological polar surface area (TPSA) is 59.6 Å². The Bertz CT molecular complexity index is 1260. The minimum atomic E-state index is -0.518. The zero-order chi connectivity index (χ0) is 24.2. The van der Waals surface area contributed by atoms with Crippen LogP contribution in [0.5, 0.6) is 5.75 Å². The number of halogens is 3. The fourth-order valence-corrected chi connectivity index (χ4v) is 4.21. The highest BCUT2D eigenvalue weighted by molar-refractivity contribution is 7.80. The van der Waals surface area contributed by atoms with E-state index in [-0.39, 0.29) is 0 Å². The summed E-state index contributed by atoms with van der Waals surface area (Å²) in [6.45, 7) is 0.333. The van der Waals surface area contributed by atoms with E-state index in [1.807, 2.05) is 42.5 Å². The number of carbonyl (C=O) groups is 1. The third kappa shape index (κ3) is 5.47. The predicted octanol–water partition coefficient (Wildman–Crippen LogP) is 6.33. The summed E-state index contributed by atoms with van der Waals surface area (Å²) in [6.07, 6.45) is 0. The summed E-state index contributed by atoms with van der Waals surface area (Å²) in [7, 11) is 1.35. The van der Waals surface area contributed by atoms with Gasteiger partial charge in [0.1, 0.15) is 12.4 Å². The summed E-state index contributed by atoms with van der Waals surface area (Å²) in [5.74, 6) is 0.185. The van der Waals surface area contributed by atoms with Crippen molar-refractivity contribution in [2.24, 2.45) is 0 Å². The Morgan fingerprint density at radius 1 is 0.971 bits per heavy atom. The molecule has 0 radical (unpaired) electrons. The van der Waals surface area contributed by atoms with Crippen LogP contribution in [0.3, 0.4) is 0 Å². The molecule has 0 aromatic heterocycles. The first-order valence-electron chi connectivity index (χ1n) is 10.2. The van der Waals surface area contributed by atoms with Crippen molar-refractivity contribution in [3.8, 4) is 5.75 Å². The van der Waals surface area contributed by atoms with Gasteiger partial charge in [-0.2, -0.15) is 0 Å². The van der Waals surface area contributed by atoms with Crippen LogP contribution < -0.4 is 15.4 Å². The Kier molecular flexibility index (Phi) is 7.63. The fraction of sp³-hybridized carbons (Fsp3) is 0.120. The lowest BCUT2D eigenvalue weighted by Gasteiger charge is -2.31. The van der Waals surface area contributed by atoms with E-state index in [2.05, 4.69) is 10.6 Å². The number of rotatable bonds is 6. The third-order valence-electron chi connectivity index (χ3n) is 5.21. The molecule has 3 aromatic carbocycles. The van der Waals surface area contributed by atoms with Crippen LogP contribution in [0.4, 0.5) is 0 Å². The van der Waals surface area contributed by atoms with E-state index in [4.69, 9.17) is 56.5 Å². The summed E-state index contributed by atoms with van der Waals surface area (Å²) >= 11 is 23.5. The number of methoxy groups -OCH3 is 1. The van der Waals surface area contributed by atoms with Crippen molar-refractivity contribution >= 4 is 63.8 Å². The van der Waals surface area contributed by atoms with E-state index in [1.54, 1.807) is 24.3 Å². The molecular formula is C25H19Cl3N2O3S. The molecule has 0 fully saturated rings. The van der Waals surface area contributed by atoms with Crippen molar-refractivity contribution in [2.75, 3.05) is 7.11 Å². The second-order valence-corrected chi connectivity index (χ2v) is 9.08. The number of nitrogens with one attached hydrogen (secondary N) is 2. The maximum atomic E-state index is 12.8. The summed E-state index contributed by atoms with van der Waals surface area (Å²) in [6, 6.07) is 19.4. The number of ether oxygens (including phenoxy) is 2. The van der Waals surface area contributed by atoms with Gasteiger partial charge in [-0.1, -0.05) is 65.1 Å². The lowest BCUT2D eigenvalue weighted by Crippen LogP contribution is -2.45. The van der Waals surface area contributed by atoms with Crippen molar-refractivity contribution in [2.45, 2.75) is 12.6 Å². The number of hydrogen-bond donors (Lipinski definition) is 2. The van der Waals surface area contributed by atoms with E-state index >= 15 is 0 Å². The lowest BCUT2D eigenvalue weighted by molar-refractivity contribution is -0.136. The third-order valence-corrected chi connectivity index (χ3v) is 6.42. The highest BCUT2D eigenvalue weighted by atomic mass is 35.5. The van der Waals surface area contributed by atoms with Gasteiger partial charge in [0, 0.05) is 5.02 Å². The molecule has 0 bridgehead atoms. The fourth-order valence-electron chi connectivity index (χ4n) is 3.54. The second-order valence-electron chi connectivity index (χ2n) is 7.42. The molecule has 9 heteroatoms. The van der Waals surface area contributed by atoms with Crippen LogP contribution in [0.2, 0.25) is 15.1 Å². The molecule has 174 valence electrons. The molecule has 5 nitrogen and oxygen atoms in total. The molecule has 0 unspecified atom stereocenters. The van der Waals surface area contributed by atoms with Crippen molar-refractivity contribution < 1.29 is 14.3 Å². The predicted molar refractivity (Wildman–Crippen MR) is 139 cm³/mol. The average Bonchev–Trinajstić information content (AvgIpc) is 2.84. The van der Waals surface area contributed by atoms with Crippen molar-refractivity contribution in [1.82, 2.24) is 10.6 Å². The van der Waals surface area contributed by atoms with Crippen LogP contribution in [0.1, 0.15) is 22.7 Å². The Hall–Kier alpha value is -2.77. The van der Waals surface area contributed by atoms with Gasteiger partial charge in [0.25, 0.3) is 0 Å². The SMILES string of the molecule is COC(=O)C1=C(c2ccc(Cl)cc2)NC(=S)N[C@@H]1c1ccc(OCc2ccc(Cl)c(Cl)c2)cc1. The van der Waals surface area contributed by atoms with Gasteiger partial charge in [-0.05, 0) is 65.3 Å². The molecular weight excluding hydrogens is 515 g/mol. The monoisotopic (exact) mass is 532 g/mol. The molecule has 2 N–H and O–H groups in total. The Balaban J connectivity index is 1.61. The largest absolute Gasteiger partial charge is 0.489 e. The zero-order valence-electron chi connectivity index (χ0n) is 17.9. The minimum Gasteiger partial charge on any atom is -0.489 e. The lowest BCUT2D eigenvalue weighted by atomic mass is 9.93. The minimum absolute atomic E-state index is 0.333. The van der Waals surface area contributed by atoms with Crippen LogP contribution in [0.15, 0.2) is 72.3 Å². The van der Waals surface area contributed by atoms with E-state index in [0.29, 0.717) is 43.8 Å². The van der Waals surface area contributed by atoms with Crippen LogP contribution in [0.25, 0.3) is 5.70 Å². The summed E-state index contributed by atoms with van der Waals surface area (Å²) in [4.78, 5) is 12.8. The van der Waals surface area contributed by atoms with Crippen molar-refractivity contribution in [1.29, 1.82) is 0 Å². The maximum Gasteiger partial charge on any atom is 0.338 e. The first-order chi connectivity index (χ1) is 16.4. The number of hydrogen-bond acceptors (Lipinski definition) is 4. The van der Waals surface area contributed by atoms with Gasteiger partial charge < -0.3 is 20.1 Å². The second kappa shape index (κ2) is 10.7. The molecule has 1 atom stereocenters. The zero-order valence-corrected chi connectivity index (χ0v) is 21.0. The highest BCUT2D eigenvalue weighted by Gasteiger charge is 2.32. The summed E-state index contributed by atoms with van der Waals surface area (Å²) in [5.41, 5.74) is 3.45. The van der Waals surface area contributed by atoms with Crippen LogP contribution in [-0.4, -0.2) is 18.2 Å². The molecule has 1 aliphatic rings. The molecule has 34 heavy (non-hydrogen) atoms. The normalized spacial score (nSPS) is 15.4. The van der Waals surface area contributed by atoms with Crippen molar-refractivity contribution in [3.05, 3.63) is 104 Å². The average molecular weight is 534 g/mol. The highest BCUT2D eigenvalue weighted by Crippen LogP contribution is 2.33. The van der Waals surface area contributed by atoms with Crippen molar-refractivity contribution in [3.63, 3.8) is 0 Å². The Morgan fingerprint density at radius 3 is 2.32 bits per heavy atom. The van der Waals surface area contributed by atoms with Gasteiger partial charge >= 0.3 is 5.97 Å². The van der Waals surface area contributed by atoms with Gasteiger partial charge in [-0.15, -0.1) is 0 Å². The molecule has 1 heterocycles. The van der Waals surface area contributed by atoms with E-state index in [1.165, 1.54) is 7.11 Å². The van der Waals surface area contributed by atoms with Crippen LogP contribution >= 0.6 is 47.0 Å². The number of benzene rings is 3. The Morgan fingerprint density at radius 2 is 1.68 bits per heavy atom. The number of carbonyl (C=O) groups excluding carboxylic acids is 1. The maximum absolute atomic E-state index is 12.8. The number of esters is 1. The van der Waals surface area contributed by atoms with E-state index < -0.39 is 12.0 Å². The standard InChI is InChI=1S/C25H19Cl3N2O3S/c1-32-24(31)21-22(15-3-7-17(26)8-4-15)29-25(34)30-23(21)16-5-9-18(10-6-16)33-13-14-2-11-19(27)20(28)12-14/h2-12,23H,13H2,1H3,(H2,29,30,34)/t23-/m1/s1. The van der Waals surface area contributed by atoms with Gasteiger partial charge in [0.05, 0.1) is 34.5 Å². The smallest absolute Gasteiger partial charge is 0.338 e. The van der Waals surface area contributed by atoms with Crippen LogP contribution in [0, 0.1) is 0 Å². The van der Waals surface area contributed by atoms with Gasteiger partial charge in [-0.3, -0.25) is 0 Å². The van der Waals surface area contributed by atoms with Crippen LogP contribution in [-0.2, 0) is 16.1 Å². The Labute approximate surface area is 217 Å². The molecule has 0 spiro atoms. The molecule has 0 aliphatic carbocycles. The quantitative estimate of drug-likeness (QED) is 0.285. The van der Waals surface area contributed by atoms with Gasteiger partial charge in [0.15, 0.2) is 5.11 Å². The number of thiocarbonyl (C=S) groups is 1. The first-order valence-corrected chi connectivity index (χ1v) is 11.7. The van der Waals surface area contributed by atoms with Gasteiger partial charge in [-0.25, -0.2) is 4.79 Å².